The third-order valence-corrected chi connectivity index (χ3v) is 6.71. The van der Waals surface area contributed by atoms with Crippen molar-refractivity contribution in [1.29, 1.82) is 0 Å². The predicted molar refractivity (Wildman–Crippen MR) is 132 cm³/mol. The van der Waals surface area contributed by atoms with Crippen LogP contribution in [0, 0.1) is 6.92 Å². The van der Waals surface area contributed by atoms with E-state index in [9.17, 15) is 9.59 Å². The predicted octanol–water partition coefficient (Wildman–Crippen LogP) is 5.87. The number of halogens is 2. The topological polar surface area (TPSA) is 49.4 Å². The van der Waals surface area contributed by atoms with E-state index < -0.39 is 6.04 Å². The molecule has 2 aromatic rings. The summed E-state index contributed by atoms with van der Waals surface area (Å²) >= 11 is 13.9. The van der Waals surface area contributed by atoms with Crippen molar-refractivity contribution in [3.8, 4) is 0 Å². The van der Waals surface area contributed by atoms with Crippen molar-refractivity contribution in [2.24, 2.45) is 0 Å². The molecule has 0 saturated carbocycles. The molecule has 0 bridgehead atoms. The van der Waals surface area contributed by atoms with E-state index in [-0.39, 0.29) is 30.2 Å². The Labute approximate surface area is 199 Å². The minimum atomic E-state index is -0.617. The molecule has 2 amide bonds. The van der Waals surface area contributed by atoms with Gasteiger partial charge in [-0.15, -0.1) is 11.8 Å². The molecular formula is C24H30Cl2N2O2S. The summed E-state index contributed by atoms with van der Waals surface area (Å²) in [7, 11) is 0. The largest absolute Gasteiger partial charge is 0.352 e. The van der Waals surface area contributed by atoms with Crippen LogP contribution in [0.2, 0.25) is 10.0 Å². The van der Waals surface area contributed by atoms with Gasteiger partial charge in [-0.2, -0.15) is 0 Å². The number of nitrogens with one attached hydrogen (secondary N) is 1. The number of benzene rings is 2. The minimum Gasteiger partial charge on any atom is -0.352 e. The molecule has 0 aliphatic carbocycles. The van der Waals surface area contributed by atoms with Crippen LogP contribution in [-0.2, 0) is 21.9 Å². The zero-order valence-corrected chi connectivity index (χ0v) is 20.8. The molecule has 2 rings (SSSR count). The fourth-order valence-electron chi connectivity index (χ4n) is 2.90. The van der Waals surface area contributed by atoms with Gasteiger partial charge in [0.25, 0.3) is 0 Å². The van der Waals surface area contributed by atoms with Gasteiger partial charge >= 0.3 is 0 Å². The summed E-state index contributed by atoms with van der Waals surface area (Å²) in [6.45, 7) is 8.00. The highest BCUT2D eigenvalue weighted by Crippen LogP contribution is 2.24. The van der Waals surface area contributed by atoms with E-state index in [1.165, 1.54) is 22.9 Å². The van der Waals surface area contributed by atoms with Gasteiger partial charge in [0.15, 0.2) is 0 Å². The maximum absolute atomic E-state index is 13.1. The third kappa shape index (κ3) is 8.06. The molecule has 2 aromatic carbocycles. The van der Waals surface area contributed by atoms with Gasteiger partial charge in [-0.3, -0.25) is 9.59 Å². The summed E-state index contributed by atoms with van der Waals surface area (Å²) in [6, 6.07) is 12.9. The molecule has 0 aromatic heterocycles. The lowest BCUT2D eigenvalue weighted by molar-refractivity contribution is -0.138. The van der Waals surface area contributed by atoms with E-state index in [0.717, 1.165) is 17.7 Å². The Kier molecular flexibility index (Phi) is 10.2. The smallest absolute Gasteiger partial charge is 0.242 e. The Morgan fingerprint density at radius 2 is 1.77 bits per heavy atom. The second-order valence-corrected chi connectivity index (χ2v) is 9.56. The second kappa shape index (κ2) is 12.4. The van der Waals surface area contributed by atoms with Crippen molar-refractivity contribution in [1.82, 2.24) is 10.2 Å². The number of amides is 2. The summed E-state index contributed by atoms with van der Waals surface area (Å²) in [6.07, 6.45) is 0.821. The molecule has 0 unspecified atom stereocenters. The number of nitrogens with zero attached hydrogens (tertiary/aromatic N) is 1. The van der Waals surface area contributed by atoms with E-state index in [0.29, 0.717) is 10.0 Å². The quantitative estimate of drug-likeness (QED) is 0.462. The van der Waals surface area contributed by atoms with E-state index in [4.69, 9.17) is 23.2 Å². The van der Waals surface area contributed by atoms with Crippen molar-refractivity contribution in [2.75, 3.05) is 5.75 Å². The maximum Gasteiger partial charge on any atom is 0.242 e. The minimum absolute atomic E-state index is 0.0435. The summed E-state index contributed by atoms with van der Waals surface area (Å²) < 4.78 is 0. The molecule has 7 heteroatoms. The lowest BCUT2D eigenvalue weighted by Gasteiger charge is -2.30. The van der Waals surface area contributed by atoms with Gasteiger partial charge < -0.3 is 10.2 Å². The van der Waals surface area contributed by atoms with Crippen LogP contribution in [0.3, 0.4) is 0 Å². The van der Waals surface area contributed by atoms with Gasteiger partial charge in [-0.05, 0) is 50.5 Å². The van der Waals surface area contributed by atoms with Crippen molar-refractivity contribution in [3.05, 3.63) is 69.2 Å². The standard InChI is InChI=1S/C24H30Cl2N2O2S/c1-5-17(3)27-24(30)18(4)28(13-20-10-11-21(25)12-22(20)26)23(29)15-31-14-19-8-6-16(2)7-9-19/h6-12,17-18H,5,13-15H2,1-4H3,(H,27,30)/t17-,18-/m1/s1. The van der Waals surface area contributed by atoms with Crippen molar-refractivity contribution in [3.63, 3.8) is 0 Å². The highest BCUT2D eigenvalue weighted by molar-refractivity contribution is 7.99. The van der Waals surface area contributed by atoms with Crippen LogP contribution in [0.4, 0.5) is 0 Å². The Bertz CT molecular complexity index is 890. The summed E-state index contributed by atoms with van der Waals surface area (Å²) in [5.41, 5.74) is 3.13. The summed E-state index contributed by atoms with van der Waals surface area (Å²) in [4.78, 5) is 27.5. The van der Waals surface area contributed by atoms with Crippen LogP contribution in [0.5, 0.6) is 0 Å². The number of carbonyl (C=O) groups is 2. The van der Waals surface area contributed by atoms with Crippen molar-refractivity contribution < 1.29 is 9.59 Å². The van der Waals surface area contributed by atoms with Crippen LogP contribution in [-0.4, -0.2) is 34.6 Å². The van der Waals surface area contributed by atoms with Crippen LogP contribution >= 0.6 is 35.0 Å². The second-order valence-electron chi connectivity index (χ2n) is 7.73. The van der Waals surface area contributed by atoms with E-state index >= 15 is 0 Å². The van der Waals surface area contributed by atoms with Crippen LogP contribution in [0.25, 0.3) is 0 Å². The Balaban J connectivity index is 2.11. The molecule has 168 valence electrons. The highest BCUT2D eigenvalue weighted by atomic mass is 35.5. The van der Waals surface area contributed by atoms with Gasteiger partial charge in [0.05, 0.1) is 5.75 Å². The number of carbonyl (C=O) groups excluding carboxylic acids is 2. The highest BCUT2D eigenvalue weighted by Gasteiger charge is 2.27. The molecule has 0 heterocycles. The number of hydrogen-bond acceptors (Lipinski definition) is 3. The maximum atomic E-state index is 13.1. The first-order valence-corrected chi connectivity index (χ1v) is 12.3. The SMILES string of the molecule is CC[C@@H](C)NC(=O)[C@@H](C)N(Cc1ccc(Cl)cc1Cl)C(=O)CSCc1ccc(C)cc1. The summed E-state index contributed by atoms with van der Waals surface area (Å²) in [5, 5.41) is 3.98. The van der Waals surface area contributed by atoms with E-state index in [1.54, 1.807) is 30.0 Å². The average molecular weight is 481 g/mol. The fourth-order valence-corrected chi connectivity index (χ4v) is 4.24. The molecule has 31 heavy (non-hydrogen) atoms. The molecule has 0 saturated heterocycles. The van der Waals surface area contributed by atoms with Gasteiger partial charge in [-0.25, -0.2) is 0 Å². The normalized spacial score (nSPS) is 12.8. The lowest BCUT2D eigenvalue weighted by atomic mass is 10.1. The Hall–Kier alpha value is -1.69. The number of rotatable bonds is 10. The van der Waals surface area contributed by atoms with Gasteiger partial charge in [0.1, 0.15) is 6.04 Å². The molecule has 0 aliphatic rings. The molecule has 0 aliphatic heterocycles. The molecule has 1 N–H and O–H groups in total. The summed E-state index contributed by atoms with van der Waals surface area (Å²) in [5.74, 6) is 0.737. The molecular weight excluding hydrogens is 451 g/mol. The molecule has 4 nitrogen and oxygen atoms in total. The molecule has 0 radical (unpaired) electrons. The van der Waals surface area contributed by atoms with E-state index in [2.05, 4.69) is 29.6 Å². The molecule has 0 fully saturated rings. The van der Waals surface area contributed by atoms with Gasteiger partial charge in [-0.1, -0.05) is 66.0 Å². The van der Waals surface area contributed by atoms with E-state index in [1.807, 2.05) is 20.8 Å². The van der Waals surface area contributed by atoms with Crippen molar-refractivity contribution >= 4 is 46.8 Å². The zero-order chi connectivity index (χ0) is 23.0. The first-order chi connectivity index (χ1) is 14.7. The third-order valence-electron chi connectivity index (χ3n) is 5.14. The average Bonchev–Trinajstić information content (AvgIpc) is 2.73. The number of hydrogen-bond donors (Lipinski definition) is 1. The first kappa shape index (κ1) is 25.6. The van der Waals surface area contributed by atoms with Crippen LogP contribution in [0.15, 0.2) is 42.5 Å². The van der Waals surface area contributed by atoms with Crippen LogP contribution in [0.1, 0.15) is 43.9 Å². The Morgan fingerprint density at radius 3 is 2.39 bits per heavy atom. The molecule has 0 spiro atoms. The van der Waals surface area contributed by atoms with Gasteiger partial charge in [0, 0.05) is 28.4 Å². The molecule has 2 atom stereocenters. The lowest BCUT2D eigenvalue weighted by Crippen LogP contribution is -2.50. The first-order valence-electron chi connectivity index (χ1n) is 10.4. The van der Waals surface area contributed by atoms with Crippen molar-refractivity contribution in [2.45, 2.75) is 58.5 Å². The monoisotopic (exact) mass is 480 g/mol. The van der Waals surface area contributed by atoms with Gasteiger partial charge in [0.2, 0.25) is 11.8 Å². The fraction of sp³-hybridized carbons (Fsp3) is 0.417. The zero-order valence-electron chi connectivity index (χ0n) is 18.5. The Morgan fingerprint density at radius 1 is 1.10 bits per heavy atom. The number of thioether (sulfide) groups is 1. The number of aryl methyl sites for hydroxylation is 1. The van der Waals surface area contributed by atoms with Crippen LogP contribution < -0.4 is 5.32 Å².